The Kier molecular flexibility index (Phi) is 4.44. The van der Waals surface area contributed by atoms with Crippen molar-refractivity contribution in [3.05, 3.63) is 50.7 Å². The first-order valence-corrected chi connectivity index (χ1v) is 8.26. The lowest BCUT2D eigenvalue weighted by molar-refractivity contribution is -0.139. The number of thiazole rings is 1. The van der Waals surface area contributed by atoms with Crippen molar-refractivity contribution in [2.24, 2.45) is 0 Å². The molecule has 0 bridgehead atoms. The number of Topliss-reactive ketones (excluding diaryl/α,β-unsaturated/α-hetero) is 1. The number of aromatic nitrogens is 2. The van der Waals surface area contributed by atoms with Crippen LogP contribution in [-0.2, 0) is 22.4 Å². The number of carbonyl (C=O) groups is 2. The van der Waals surface area contributed by atoms with Gasteiger partial charge in [0.05, 0.1) is 24.1 Å². The van der Waals surface area contributed by atoms with E-state index in [4.69, 9.17) is 0 Å². The fourth-order valence-corrected chi connectivity index (χ4v) is 3.58. The SMILES string of the molecule is COC(=O)Cc1nc2c(s1)C(=O)C(=C(O)c1ccc(C)nc1)CC2. The molecule has 2 heterocycles. The monoisotopic (exact) mass is 344 g/mol. The van der Waals surface area contributed by atoms with Crippen LogP contribution in [0.5, 0.6) is 0 Å². The van der Waals surface area contributed by atoms with Gasteiger partial charge in [-0.1, -0.05) is 0 Å². The highest BCUT2D eigenvalue weighted by Crippen LogP contribution is 2.33. The number of aliphatic hydroxyl groups is 1. The number of carbonyl (C=O) groups excluding carboxylic acids is 2. The van der Waals surface area contributed by atoms with Crippen LogP contribution in [0.2, 0.25) is 0 Å². The van der Waals surface area contributed by atoms with E-state index in [-0.39, 0.29) is 18.0 Å². The van der Waals surface area contributed by atoms with E-state index in [0.29, 0.717) is 39.6 Å². The van der Waals surface area contributed by atoms with Crippen molar-refractivity contribution < 1.29 is 19.4 Å². The van der Waals surface area contributed by atoms with Gasteiger partial charge in [0.2, 0.25) is 5.78 Å². The van der Waals surface area contributed by atoms with E-state index in [9.17, 15) is 14.7 Å². The molecule has 1 N–H and O–H groups in total. The number of hydrogen-bond acceptors (Lipinski definition) is 7. The Morgan fingerprint density at radius 1 is 1.38 bits per heavy atom. The summed E-state index contributed by atoms with van der Waals surface area (Å²) in [4.78, 5) is 33.0. The number of pyridine rings is 1. The first-order chi connectivity index (χ1) is 11.5. The van der Waals surface area contributed by atoms with Crippen molar-refractivity contribution in [1.82, 2.24) is 9.97 Å². The molecule has 24 heavy (non-hydrogen) atoms. The molecule has 2 aromatic heterocycles. The number of hydrogen-bond donors (Lipinski definition) is 1. The van der Waals surface area contributed by atoms with Crippen LogP contribution in [0.4, 0.5) is 0 Å². The average molecular weight is 344 g/mol. The molecule has 0 aliphatic heterocycles. The van der Waals surface area contributed by atoms with E-state index in [1.807, 2.05) is 6.92 Å². The molecule has 0 fully saturated rings. The van der Waals surface area contributed by atoms with E-state index in [1.54, 1.807) is 18.3 Å². The Morgan fingerprint density at radius 2 is 2.17 bits per heavy atom. The Balaban J connectivity index is 1.92. The van der Waals surface area contributed by atoms with E-state index < -0.39 is 5.97 Å². The van der Waals surface area contributed by atoms with Crippen molar-refractivity contribution in [3.8, 4) is 0 Å². The number of aliphatic hydroxyl groups excluding tert-OH is 1. The van der Waals surface area contributed by atoms with Crippen molar-refractivity contribution in [1.29, 1.82) is 0 Å². The molecule has 0 radical (unpaired) electrons. The topological polar surface area (TPSA) is 89.4 Å². The third kappa shape index (κ3) is 3.07. The molecule has 0 atom stereocenters. The zero-order chi connectivity index (χ0) is 17.3. The van der Waals surface area contributed by atoms with Gasteiger partial charge in [0.1, 0.15) is 10.8 Å². The van der Waals surface area contributed by atoms with E-state index >= 15 is 0 Å². The molecular formula is C17H16N2O4S. The van der Waals surface area contributed by atoms with Gasteiger partial charge in [-0.25, -0.2) is 4.98 Å². The molecule has 124 valence electrons. The number of fused-ring (bicyclic) bond motifs is 1. The zero-order valence-electron chi connectivity index (χ0n) is 13.3. The average Bonchev–Trinajstić information content (AvgIpc) is 2.98. The molecule has 1 aliphatic carbocycles. The first kappa shape index (κ1) is 16.3. The van der Waals surface area contributed by atoms with Gasteiger partial charge >= 0.3 is 5.97 Å². The molecule has 1 aliphatic rings. The summed E-state index contributed by atoms with van der Waals surface area (Å²) in [6.07, 6.45) is 2.56. The van der Waals surface area contributed by atoms with Crippen molar-refractivity contribution >= 4 is 28.8 Å². The smallest absolute Gasteiger partial charge is 0.312 e. The number of nitrogens with zero attached hydrogens (tertiary/aromatic N) is 2. The molecule has 0 aromatic carbocycles. The standard InChI is InChI=1S/C17H16N2O4S/c1-9-3-4-10(8-18-9)15(21)11-5-6-12-17(16(11)22)24-13(19-12)7-14(20)23-2/h3-4,8,21H,5-7H2,1-2H3. The number of esters is 1. The summed E-state index contributed by atoms with van der Waals surface area (Å²) in [5, 5.41) is 11.0. The molecule has 0 saturated carbocycles. The highest BCUT2D eigenvalue weighted by atomic mass is 32.1. The van der Waals surface area contributed by atoms with Gasteiger partial charge in [0.15, 0.2) is 0 Å². The van der Waals surface area contributed by atoms with Crippen LogP contribution in [-0.4, -0.2) is 33.9 Å². The van der Waals surface area contributed by atoms with Crippen molar-refractivity contribution in [2.75, 3.05) is 7.11 Å². The number of ketones is 1. The van der Waals surface area contributed by atoms with Gasteiger partial charge in [-0.15, -0.1) is 11.3 Å². The van der Waals surface area contributed by atoms with Crippen LogP contribution >= 0.6 is 11.3 Å². The van der Waals surface area contributed by atoms with Gasteiger partial charge < -0.3 is 9.84 Å². The molecule has 3 rings (SSSR count). The molecule has 6 nitrogen and oxygen atoms in total. The predicted molar refractivity (Wildman–Crippen MR) is 89.0 cm³/mol. The van der Waals surface area contributed by atoms with Crippen molar-refractivity contribution in [2.45, 2.75) is 26.2 Å². The minimum Gasteiger partial charge on any atom is -0.507 e. The van der Waals surface area contributed by atoms with E-state index in [1.165, 1.54) is 18.4 Å². The maximum atomic E-state index is 12.7. The van der Waals surface area contributed by atoms with Crippen molar-refractivity contribution in [3.63, 3.8) is 0 Å². The number of rotatable bonds is 3. The highest BCUT2D eigenvalue weighted by molar-refractivity contribution is 7.14. The lowest BCUT2D eigenvalue weighted by atomic mass is 9.93. The van der Waals surface area contributed by atoms with Crippen LogP contribution < -0.4 is 0 Å². The molecule has 0 unspecified atom stereocenters. The zero-order valence-corrected chi connectivity index (χ0v) is 14.1. The van der Waals surface area contributed by atoms with Crippen LogP contribution in [0, 0.1) is 6.92 Å². The Bertz CT molecular complexity index is 837. The molecular weight excluding hydrogens is 328 g/mol. The van der Waals surface area contributed by atoms with Gasteiger partial charge in [-0.2, -0.15) is 0 Å². The Hall–Kier alpha value is -2.54. The van der Waals surface area contributed by atoms with Gasteiger partial charge in [-0.3, -0.25) is 14.6 Å². The summed E-state index contributed by atoms with van der Waals surface area (Å²) < 4.78 is 4.63. The second-order valence-corrected chi connectivity index (χ2v) is 6.56. The minimum atomic E-state index is -0.391. The van der Waals surface area contributed by atoms with Gasteiger partial charge in [0.25, 0.3) is 0 Å². The second-order valence-electron chi connectivity index (χ2n) is 5.48. The first-order valence-electron chi connectivity index (χ1n) is 7.45. The highest BCUT2D eigenvalue weighted by Gasteiger charge is 2.29. The molecule has 0 spiro atoms. The molecule has 0 saturated heterocycles. The second kappa shape index (κ2) is 6.52. The maximum Gasteiger partial charge on any atom is 0.312 e. The number of methoxy groups -OCH3 is 1. The van der Waals surface area contributed by atoms with Crippen LogP contribution in [0.25, 0.3) is 5.76 Å². The maximum absolute atomic E-state index is 12.7. The third-order valence-electron chi connectivity index (χ3n) is 3.83. The van der Waals surface area contributed by atoms with E-state index in [0.717, 1.165) is 5.69 Å². The summed E-state index contributed by atoms with van der Waals surface area (Å²) >= 11 is 1.18. The lowest BCUT2D eigenvalue weighted by Gasteiger charge is -2.14. The summed E-state index contributed by atoms with van der Waals surface area (Å²) in [7, 11) is 1.31. The summed E-state index contributed by atoms with van der Waals surface area (Å²) in [5.74, 6) is -0.665. The lowest BCUT2D eigenvalue weighted by Crippen LogP contribution is -2.14. The molecule has 0 amide bonds. The molecule has 7 heteroatoms. The quantitative estimate of drug-likeness (QED) is 0.523. The number of aryl methyl sites for hydroxylation is 2. The number of allylic oxidation sites excluding steroid dienone is 1. The minimum absolute atomic E-state index is 0.0407. The van der Waals surface area contributed by atoms with Crippen LogP contribution in [0.15, 0.2) is 23.9 Å². The summed E-state index contributed by atoms with van der Waals surface area (Å²) in [6.45, 7) is 1.85. The van der Waals surface area contributed by atoms with Crippen LogP contribution in [0.1, 0.15) is 38.1 Å². The predicted octanol–water partition coefficient (Wildman–Crippen LogP) is 2.66. The largest absolute Gasteiger partial charge is 0.507 e. The molecule has 2 aromatic rings. The van der Waals surface area contributed by atoms with Gasteiger partial charge in [0, 0.05) is 23.0 Å². The Labute approximate surface area is 142 Å². The number of ether oxygens (including phenoxy) is 1. The third-order valence-corrected chi connectivity index (χ3v) is 4.92. The fraction of sp³-hybridized carbons (Fsp3) is 0.294. The van der Waals surface area contributed by atoms with Gasteiger partial charge in [-0.05, 0) is 31.9 Å². The van der Waals surface area contributed by atoms with E-state index in [2.05, 4.69) is 14.7 Å². The fourth-order valence-electron chi connectivity index (χ4n) is 2.52. The van der Waals surface area contributed by atoms with Crippen LogP contribution in [0.3, 0.4) is 0 Å². The summed E-state index contributed by atoms with van der Waals surface area (Å²) in [6, 6.07) is 3.52. The Morgan fingerprint density at radius 3 is 2.83 bits per heavy atom. The normalized spacial score (nSPS) is 15.8. The summed E-state index contributed by atoms with van der Waals surface area (Å²) in [5.41, 5.74) is 2.40.